The summed E-state index contributed by atoms with van der Waals surface area (Å²) in [5, 5.41) is 17.7. The highest BCUT2D eigenvalue weighted by Crippen LogP contribution is 2.40. The van der Waals surface area contributed by atoms with Crippen LogP contribution in [0, 0.1) is 17.0 Å². The maximum atomic E-state index is 12.4. The number of rotatable bonds is 8. The largest absolute Gasteiger partial charge is 0.514 e. The quantitative estimate of drug-likeness (QED) is 0.254. The van der Waals surface area contributed by atoms with Gasteiger partial charge in [-0.25, -0.2) is 9.78 Å². The third kappa shape index (κ3) is 5.49. The molecule has 0 bridgehead atoms. The Bertz CT molecular complexity index is 1240. The normalized spacial score (nSPS) is 12.6. The minimum absolute atomic E-state index is 0.0675. The van der Waals surface area contributed by atoms with Crippen molar-refractivity contribution in [2.24, 2.45) is 0 Å². The number of carbonyl (C=O) groups is 2. The number of hydrogen-bond acceptors (Lipinski definition) is 9. The van der Waals surface area contributed by atoms with E-state index in [1.807, 2.05) is 13.0 Å². The average Bonchev–Trinajstić information content (AvgIpc) is 3.54. The van der Waals surface area contributed by atoms with Gasteiger partial charge in [-0.2, -0.15) is 0 Å². The van der Waals surface area contributed by atoms with E-state index >= 15 is 0 Å². The van der Waals surface area contributed by atoms with E-state index < -0.39 is 11.1 Å². The van der Waals surface area contributed by atoms with Crippen molar-refractivity contribution in [1.29, 1.82) is 0 Å². The van der Waals surface area contributed by atoms with Gasteiger partial charge in [-0.3, -0.25) is 14.9 Å². The molecule has 1 aliphatic carbocycles. The van der Waals surface area contributed by atoms with Crippen LogP contribution in [-0.4, -0.2) is 34.6 Å². The molecule has 2 N–H and O–H groups in total. The minimum Gasteiger partial charge on any atom is -0.434 e. The summed E-state index contributed by atoms with van der Waals surface area (Å²) in [5.74, 6) is -0.136. The van der Waals surface area contributed by atoms with E-state index in [0.717, 1.165) is 29.7 Å². The number of carbonyl (C=O) groups excluding carboxylic acids is 2. The Balaban J connectivity index is 1.63. The summed E-state index contributed by atoms with van der Waals surface area (Å²) in [4.78, 5) is 39.4. The summed E-state index contributed by atoms with van der Waals surface area (Å²) in [6.07, 6.45) is 1.11. The summed E-state index contributed by atoms with van der Waals surface area (Å²) in [6.45, 7) is 3.70. The lowest BCUT2D eigenvalue weighted by Crippen LogP contribution is -2.25. The Morgan fingerprint density at radius 1 is 1.21 bits per heavy atom. The van der Waals surface area contributed by atoms with Crippen LogP contribution in [0.4, 0.5) is 21.3 Å². The number of benzene rings is 2. The zero-order valence-electron chi connectivity index (χ0n) is 18.5. The molecule has 0 saturated heterocycles. The molecule has 0 spiro atoms. The van der Waals surface area contributed by atoms with Crippen LogP contribution in [0.15, 0.2) is 42.5 Å². The molecule has 1 fully saturated rings. The van der Waals surface area contributed by atoms with Crippen LogP contribution in [0.2, 0.25) is 0 Å². The molecule has 176 valence electrons. The molecule has 1 heterocycles. The highest BCUT2D eigenvalue weighted by molar-refractivity contribution is 7.18. The van der Waals surface area contributed by atoms with Crippen LogP contribution >= 0.6 is 11.3 Å². The number of ether oxygens (including phenoxy) is 2. The van der Waals surface area contributed by atoms with Crippen molar-refractivity contribution in [2.45, 2.75) is 32.7 Å². The van der Waals surface area contributed by atoms with Gasteiger partial charge in [0.1, 0.15) is 5.69 Å². The van der Waals surface area contributed by atoms with Gasteiger partial charge >= 0.3 is 6.16 Å². The fraction of sp³-hybridized carbons (Fsp3) is 0.261. The van der Waals surface area contributed by atoms with E-state index in [2.05, 4.69) is 15.6 Å². The summed E-state index contributed by atoms with van der Waals surface area (Å²) < 4.78 is 10.2. The molecule has 10 nitrogen and oxygen atoms in total. The molecular weight excluding hydrogens is 460 g/mol. The Morgan fingerprint density at radius 2 is 1.94 bits per heavy atom. The van der Waals surface area contributed by atoms with E-state index in [4.69, 9.17) is 9.47 Å². The maximum Gasteiger partial charge on any atom is 0.514 e. The molecule has 0 aliphatic heterocycles. The fourth-order valence-electron chi connectivity index (χ4n) is 3.08. The molecule has 1 amide bonds. The van der Waals surface area contributed by atoms with E-state index in [0.29, 0.717) is 27.6 Å². The Hall–Kier alpha value is -3.99. The standard InChI is InChI=1S/C23H22N4O6S/c1-3-32-23(29)33-21-19(14-6-10-17(11-7-14)27(30)31)26-22(34-21)25-18-12-15(5-4-13(18)2)20(28)24-16-8-9-16/h4-7,10-12,16H,3,8-9H2,1-2H3,(H,24,28)(H,25,26). The number of thiazole rings is 1. The SMILES string of the molecule is CCOC(=O)Oc1sc(Nc2cc(C(=O)NC3CC3)ccc2C)nc1-c1ccc([N+](=O)[O-])cc1. The zero-order chi connectivity index (χ0) is 24.2. The van der Waals surface area contributed by atoms with Gasteiger partial charge in [0.25, 0.3) is 11.6 Å². The molecule has 1 saturated carbocycles. The lowest BCUT2D eigenvalue weighted by molar-refractivity contribution is -0.384. The second-order valence-electron chi connectivity index (χ2n) is 7.65. The number of nitrogens with zero attached hydrogens (tertiary/aromatic N) is 2. The predicted octanol–water partition coefficient (Wildman–Crippen LogP) is 5.20. The summed E-state index contributed by atoms with van der Waals surface area (Å²) in [7, 11) is 0. The Kier molecular flexibility index (Phi) is 6.73. The molecule has 1 aromatic heterocycles. The smallest absolute Gasteiger partial charge is 0.434 e. The highest BCUT2D eigenvalue weighted by Gasteiger charge is 2.24. The Labute approximate surface area is 199 Å². The van der Waals surface area contributed by atoms with Gasteiger partial charge in [-0.1, -0.05) is 17.4 Å². The van der Waals surface area contributed by atoms with Gasteiger partial charge in [-0.05, 0) is 56.5 Å². The molecule has 11 heteroatoms. The van der Waals surface area contributed by atoms with E-state index in [1.54, 1.807) is 19.1 Å². The van der Waals surface area contributed by atoms with Gasteiger partial charge in [0.05, 0.1) is 11.5 Å². The number of non-ortho nitro benzene ring substituents is 1. The predicted molar refractivity (Wildman–Crippen MR) is 127 cm³/mol. The first-order valence-electron chi connectivity index (χ1n) is 10.6. The number of nitro benzene ring substituents is 1. The molecule has 34 heavy (non-hydrogen) atoms. The van der Waals surface area contributed by atoms with Crippen LogP contribution in [0.3, 0.4) is 0 Å². The van der Waals surface area contributed by atoms with Gasteiger partial charge in [-0.15, -0.1) is 0 Å². The summed E-state index contributed by atoms with van der Waals surface area (Å²) >= 11 is 1.08. The lowest BCUT2D eigenvalue weighted by atomic mass is 10.1. The van der Waals surface area contributed by atoms with Gasteiger partial charge in [0, 0.05) is 35.0 Å². The highest BCUT2D eigenvalue weighted by atomic mass is 32.1. The van der Waals surface area contributed by atoms with Crippen LogP contribution < -0.4 is 15.4 Å². The van der Waals surface area contributed by atoms with Crippen LogP contribution in [0.25, 0.3) is 11.3 Å². The number of aromatic nitrogens is 1. The van der Waals surface area contributed by atoms with E-state index in [-0.39, 0.29) is 29.3 Å². The minimum atomic E-state index is -0.879. The molecule has 0 radical (unpaired) electrons. The monoisotopic (exact) mass is 482 g/mol. The van der Waals surface area contributed by atoms with Crippen LogP contribution in [0.1, 0.15) is 35.7 Å². The van der Waals surface area contributed by atoms with Crippen molar-refractivity contribution in [3.8, 4) is 16.3 Å². The molecule has 3 aromatic rings. The molecular formula is C23H22N4O6S. The Morgan fingerprint density at radius 3 is 2.59 bits per heavy atom. The second kappa shape index (κ2) is 9.87. The molecule has 4 rings (SSSR count). The summed E-state index contributed by atoms with van der Waals surface area (Å²) in [6, 6.07) is 11.3. The number of aryl methyl sites for hydroxylation is 1. The maximum absolute atomic E-state index is 12.4. The second-order valence-corrected chi connectivity index (χ2v) is 8.61. The fourth-order valence-corrected chi connectivity index (χ4v) is 3.93. The lowest BCUT2D eigenvalue weighted by Gasteiger charge is -2.10. The first-order chi connectivity index (χ1) is 16.3. The number of nitrogens with one attached hydrogen (secondary N) is 2. The topological polar surface area (TPSA) is 133 Å². The zero-order valence-corrected chi connectivity index (χ0v) is 19.3. The average molecular weight is 483 g/mol. The molecule has 2 aromatic carbocycles. The van der Waals surface area contributed by atoms with Crippen LogP contribution in [-0.2, 0) is 4.74 Å². The first kappa shape index (κ1) is 23.2. The first-order valence-corrected chi connectivity index (χ1v) is 11.4. The molecule has 1 aliphatic rings. The molecule has 0 atom stereocenters. The van der Waals surface area contributed by atoms with Crippen LogP contribution in [0.5, 0.6) is 5.06 Å². The van der Waals surface area contributed by atoms with Crippen molar-refractivity contribution in [2.75, 3.05) is 11.9 Å². The van der Waals surface area contributed by atoms with Crippen molar-refractivity contribution in [1.82, 2.24) is 10.3 Å². The third-order valence-corrected chi connectivity index (χ3v) is 5.89. The summed E-state index contributed by atoms with van der Waals surface area (Å²) in [5.41, 5.74) is 2.88. The van der Waals surface area contributed by atoms with Gasteiger partial charge in [0.15, 0.2) is 5.13 Å². The molecule has 0 unspecified atom stereocenters. The number of anilines is 2. The number of hydrogen-bond donors (Lipinski definition) is 2. The van der Waals surface area contributed by atoms with Crippen molar-refractivity contribution in [3.63, 3.8) is 0 Å². The third-order valence-electron chi connectivity index (χ3n) is 5.04. The van der Waals surface area contributed by atoms with Crippen molar-refractivity contribution in [3.05, 3.63) is 63.7 Å². The van der Waals surface area contributed by atoms with E-state index in [9.17, 15) is 19.7 Å². The van der Waals surface area contributed by atoms with Crippen molar-refractivity contribution >= 4 is 39.9 Å². The van der Waals surface area contributed by atoms with Crippen molar-refractivity contribution < 1.29 is 24.0 Å². The van der Waals surface area contributed by atoms with E-state index in [1.165, 1.54) is 24.3 Å². The number of nitro groups is 1. The number of amides is 1. The van der Waals surface area contributed by atoms with Gasteiger partial charge in [0.2, 0.25) is 5.06 Å². The van der Waals surface area contributed by atoms with Gasteiger partial charge < -0.3 is 20.1 Å².